The van der Waals surface area contributed by atoms with Gasteiger partial charge in [-0.3, -0.25) is 19.4 Å². The number of carbonyl (C=O) groups is 3. The molecule has 1 aliphatic heterocycles. The summed E-state index contributed by atoms with van der Waals surface area (Å²) in [4.78, 5) is 38.9. The number of rotatable bonds is 13. The second-order valence-corrected chi connectivity index (χ2v) is 9.43. The second kappa shape index (κ2) is 13.5. The molecule has 2 amide bonds. The number of aryl methyl sites for hydroxylation is 1. The number of carboxylic acid groups (broad SMARTS) is 1. The molecule has 0 bridgehead atoms. The monoisotopic (exact) mass is 473 g/mol. The lowest BCUT2D eigenvalue weighted by Gasteiger charge is -2.51. The first-order chi connectivity index (χ1) is 16.3. The molecule has 34 heavy (non-hydrogen) atoms. The Bertz CT molecular complexity index is 811. The molecule has 2 atom stereocenters. The quantitative estimate of drug-likeness (QED) is 0.448. The summed E-state index contributed by atoms with van der Waals surface area (Å²) >= 11 is 0. The zero-order chi connectivity index (χ0) is 25.1. The van der Waals surface area contributed by atoms with Crippen molar-refractivity contribution in [3.05, 3.63) is 35.4 Å². The average Bonchev–Trinajstić information content (AvgIpc) is 2.84. The number of carboxylic acids is 1. The Kier molecular flexibility index (Phi) is 11.0. The van der Waals surface area contributed by atoms with Crippen molar-refractivity contribution in [2.75, 3.05) is 20.1 Å². The summed E-state index contributed by atoms with van der Waals surface area (Å²) < 4.78 is 0. The van der Waals surface area contributed by atoms with Gasteiger partial charge in [0.25, 0.3) is 0 Å². The SMILES string of the molecule is CCCCc1ccc(CCN2[C@H](C(=O)NC)[C@@](CCCC)(C(=O)O)CCN2C(=O)CCC)cc1. The average molecular weight is 474 g/mol. The van der Waals surface area contributed by atoms with E-state index >= 15 is 0 Å². The third-order valence-corrected chi connectivity index (χ3v) is 7.02. The highest BCUT2D eigenvalue weighted by Gasteiger charge is 2.56. The van der Waals surface area contributed by atoms with Crippen LogP contribution in [-0.4, -0.2) is 59.1 Å². The van der Waals surface area contributed by atoms with Gasteiger partial charge in [0.05, 0.1) is 5.41 Å². The number of unbranched alkanes of at least 4 members (excludes halogenated alkanes) is 2. The van der Waals surface area contributed by atoms with Crippen LogP contribution in [0.1, 0.15) is 83.3 Å². The summed E-state index contributed by atoms with van der Waals surface area (Å²) in [5.41, 5.74) is 1.19. The molecule has 0 aromatic heterocycles. The lowest BCUT2D eigenvalue weighted by molar-refractivity contribution is -0.193. The van der Waals surface area contributed by atoms with Crippen molar-refractivity contribution in [1.29, 1.82) is 0 Å². The smallest absolute Gasteiger partial charge is 0.311 e. The van der Waals surface area contributed by atoms with E-state index in [-0.39, 0.29) is 18.2 Å². The normalized spacial score (nSPS) is 20.8. The standard InChI is InChI=1S/C27H43N3O4/c1-5-8-11-21-12-14-22(15-13-21)16-19-30-24(25(32)28-4)27(26(33)34,17-9-6-2)18-20-29(30)23(31)10-7-3/h12-15,24H,5-11,16-20H2,1-4H3,(H,28,32)(H,33,34)/t24-,27+/m1/s1. The molecule has 1 saturated heterocycles. The predicted octanol–water partition coefficient (Wildman–Crippen LogP) is 4.20. The summed E-state index contributed by atoms with van der Waals surface area (Å²) in [6.07, 6.45) is 7.32. The Morgan fingerprint density at radius 2 is 1.62 bits per heavy atom. The lowest BCUT2D eigenvalue weighted by Crippen LogP contribution is -2.69. The zero-order valence-electron chi connectivity index (χ0n) is 21.4. The van der Waals surface area contributed by atoms with Gasteiger partial charge in [-0.1, -0.05) is 64.3 Å². The van der Waals surface area contributed by atoms with E-state index in [2.05, 4.69) is 36.5 Å². The Balaban J connectivity index is 2.38. The van der Waals surface area contributed by atoms with Gasteiger partial charge in [-0.15, -0.1) is 0 Å². The number of amides is 2. The first-order valence-corrected chi connectivity index (χ1v) is 12.9. The molecule has 190 valence electrons. The van der Waals surface area contributed by atoms with Crippen LogP contribution in [0.15, 0.2) is 24.3 Å². The van der Waals surface area contributed by atoms with Gasteiger partial charge in [0, 0.05) is 26.6 Å². The van der Waals surface area contributed by atoms with Crippen LogP contribution in [0, 0.1) is 5.41 Å². The van der Waals surface area contributed by atoms with Crippen LogP contribution in [0.2, 0.25) is 0 Å². The van der Waals surface area contributed by atoms with Gasteiger partial charge in [-0.05, 0) is 49.7 Å². The third-order valence-electron chi connectivity index (χ3n) is 7.02. The Labute approximate surface area is 204 Å². The van der Waals surface area contributed by atoms with Gasteiger partial charge in [0.2, 0.25) is 11.8 Å². The number of hydrazine groups is 1. The van der Waals surface area contributed by atoms with E-state index in [0.29, 0.717) is 38.8 Å². The first-order valence-electron chi connectivity index (χ1n) is 12.9. The van der Waals surface area contributed by atoms with Crippen LogP contribution in [0.25, 0.3) is 0 Å². The maximum atomic E-state index is 13.2. The molecular formula is C27H43N3O4. The van der Waals surface area contributed by atoms with Crippen molar-refractivity contribution in [3.63, 3.8) is 0 Å². The summed E-state index contributed by atoms with van der Waals surface area (Å²) in [6.45, 7) is 6.87. The van der Waals surface area contributed by atoms with E-state index < -0.39 is 17.4 Å². The van der Waals surface area contributed by atoms with E-state index in [1.54, 1.807) is 10.0 Å². The number of benzene rings is 1. The van der Waals surface area contributed by atoms with Crippen LogP contribution in [0.3, 0.4) is 0 Å². The molecule has 0 spiro atoms. The molecule has 0 unspecified atom stereocenters. The van der Waals surface area contributed by atoms with Crippen molar-refractivity contribution in [2.45, 2.75) is 91.0 Å². The molecule has 0 saturated carbocycles. The van der Waals surface area contributed by atoms with Crippen molar-refractivity contribution in [2.24, 2.45) is 5.41 Å². The number of hydrogen-bond acceptors (Lipinski definition) is 4. The maximum absolute atomic E-state index is 13.2. The van der Waals surface area contributed by atoms with E-state index in [1.165, 1.54) is 12.6 Å². The Hall–Kier alpha value is -2.41. The molecule has 1 fully saturated rings. The van der Waals surface area contributed by atoms with Crippen molar-refractivity contribution in [3.8, 4) is 0 Å². The van der Waals surface area contributed by atoms with E-state index in [9.17, 15) is 19.5 Å². The van der Waals surface area contributed by atoms with Crippen LogP contribution < -0.4 is 5.32 Å². The molecule has 0 aliphatic carbocycles. The van der Waals surface area contributed by atoms with Gasteiger partial charge in [0.1, 0.15) is 6.04 Å². The molecule has 1 heterocycles. The zero-order valence-corrected chi connectivity index (χ0v) is 21.4. The second-order valence-electron chi connectivity index (χ2n) is 9.43. The van der Waals surface area contributed by atoms with E-state index in [1.807, 2.05) is 13.8 Å². The topological polar surface area (TPSA) is 89.9 Å². The molecule has 2 rings (SSSR count). The fourth-order valence-corrected chi connectivity index (χ4v) is 4.96. The first kappa shape index (κ1) is 27.8. The molecular weight excluding hydrogens is 430 g/mol. The number of aliphatic carboxylic acids is 1. The maximum Gasteiger partial charge on any atom is 0.311 e. The van der Waals surface area contributed by atoms with Gasteiger partial charge in [-0.25, -0.2) is 5.01 Å². The highest BCUT2D eigenvalue weighted by Crippen LogP contribution is 2.41. The van der Waals surface area contributed by atoms with Crippen LogP contribution in [-0.2, 0) is 27.2 Å². The Morgan fingerprint density at radius 1 is 1.00 bits per heavy atom. The molecule has 7 nitrogen and oxygen atoms in total. The number of carbonyl (C=O) groups excluding carboxylic acids is 2. The van der Waals surface area contributed by atoms with E-state index in [0.717, 1.165) is 37.7 Å². The van der Waals surface area contributed by atoms with Crippen molar-refractivity contribution >= 4 is 17.8 Å². The minimum atomic E-state index is -1.22. The van der Waals surface area contributed by atoms with E-state index in [4.69, 9.17) is 0 Å². The summed E-state index contributed by atoms with van der Waals surface area (Å²) in [5.74, 6) is -1.36. The summed E-state index contributed by atoms with van der Waals surface area (Å²) in [6, 6.07) is 7.55. The highest BCUT2D eigenvalue weighted by molar-refractivity contribution is 5.91. The molecule has 2 N–H and O–H groups in total. The molecule has 0 radical (unpaired) electrons. The predicted molar refractivity (Wildman–Crippen MR) is 134 cm³/mol. The number of nitrogens with one attached hydrogen (secondary N) is 1. The van der Waals surface area contributed by atoms with Crippen LogP contribution in [0.5, 0.6) is 0 Å². The number of nitrogens with zero attached hydrogens (tertiary/aromatic N) is 2. The minimum absolute atomic E-state index is 0.0548. The van der Waals surface area contributed by atoms with Gasteiger partial charge in [-0.2, -0.15) is 0 Å². The van der Waals surface area contributed by atoms with Crippen molar-refractivity contribution in [1.82, 2.24) is 15.3 Å². The molecule has 1 aromatic carbocycles. The van der Waals surface area contributed by atoms with Gasteiger partial charge in [0.15, 0.2) is 0 Å². The summed E-state index contributed by atoms with van der Waals surface area (Å²) in [7, 11) is 1.54. The number of likely N-dealkylation sites (N-methyl/N-ethyl adjacent to an activating group) is 1. The molecule has 1 aromatic rings. The largest absolute Gasteiger partial charge is 0.481 e. The summed E-state index contributed by atoms with van der Waals surface area (Å²) in [5, 5.41) is 16.4. The Morgan fingerprint density at radius 3 is 2.15 bits per heavy atom. The third kappa shape index (κ3) is 6.59. The lowest BCUT2D eigenvalue weighted by atomic mass is 9.71. The van der Waals surface area contributed by atoms with Crippen molar-refractivity contribution < 1.29 is 19.5 Å². The fourth-order valence-electron chi connectivity index (χ4n) is 4.96. The molecule has 7 heteroatoms. The van der Waals surface area contributed by atoms with Gasteiger partial charge < -0.3 is 10.4 Å². The van der Waals surface area contributed by atoms with Crippen LogP contribution in [0.4, 0.5) is 0 Å². The van der Waals surface area contributed by atoms with Crippen LogP contribution >= 0.6 is 0 Å². The molecule has 1 aliphatic rings. The van der Waals surface area contributed by atoms with Gasteiger partial charge >= 0.3 is 5.97 Å². The highest BCUT2D eigenvalue weighted by atomic mass is 16.4. The minimum Gasteiger partial charge on any atom is -0.481 e. The fraction of sp³-hybridized carbons (Fsp3) is 0.667. The number of hydrogen-bond donors (Lipinski definition) is 2.